The molecule has 1 heterocycles. The number of anilines is 1. The molecular formula is C15H23N3O2. The van der Waals surface area contributed by atoms with Gasteiger partial charge in [0, 0.05) is 20.1 Å². The maximum absolute atomic E-state index is 12.4. The van der Waals surface area contributed by atoms with Crippen LogP contribution in [0.4, 0.5) is 5.69 Å². The Morgan fingerprint density at radius 2 is 2.15 bits per heavy atom. The minimum Gasteiger partial charge on any atom is -0.495 e. The van der Waals surface area contributed by atoms with Crippen LogP contribution in [0.25, 0.3) is 0 Å². The van der Waals surface area contributed by atoms with Crippen molar-refractivity contribution < 1.29 is 9.53 Å². The number of carbonyl (C=O) groups excluding carboxylic acids is 1. The molecule has 0 unspecified atom stereocenters. The predicted octanol–water partition coefficient (Wildman–Crippen LogP) is 0.953. The van der Waals surface area contributed by atoms with E-state index >= 15 is 0 Å². The molecule has 110 valence electrons. The molecule has 20 heavy (non-hydrogen) atoms. The van der Waals surface area contributed by atoms with Crippen LogP contribution < -0.4 is 15.0 Å². The molecular weight excluding hydrogens is 254 g/mol. The average Bonchev–Trinajstić information content (AvgIpc) is 2.75. The van der Waals surface area contributed by atoms with Crippen LogP contribution >= 0.6 is 0 Å². The van der Waals surface area contributed by atoms with Gasteiger partial charge in [-0.05, 0) is 31.6 Å². The molecule has 1 aliphatic heterocycles. The van der Waals surface area contributed by atoms with Gasteiger partial charge >= 0.3 is 0 Å². The Morgan fingerprint density at radius 3 is 2.95 bits per heavy atom. The number of carbonyl (C=O) groups is 1. The minimum absolute atomic E-state index is 0.0939. The number of benzene rings is 1. The second-order valence-corrected chi connectivity index (χ2v) is 5.00. The maximum Gasteiger partial charge on any atom is 0.241 e. The van der Waals surface area contributed by atoms with Crippen LogP contribution in [-0.4, -0.2) is 57.7 Å². The van der Waals surface area contributed by atoms with Gasteiger partial charge in [0.2, 0.25) is 5.91 Å². The van der Waals surface area contributed by atoms with Crippen molar-refractivity contribution >= 4 is 11.6 Å². The van der Waals surface area contributed by atoms with E-state index in [1.807, 2.05) is 24.3 Å². The van der Waals surface area contributed by atoms with Gasteiger partial charge in [-0.25, -0.2) is 0 Å². The van der Waals surface area contributed by atoms with Crippen molar-refractivity contribution in [3.8, 4) is 5.75 Å². The summed E-state index contributed by atoms with van der Waals surface area (Å²) in [6.07, 6.45) is 1.09. The molecule has 0 atom stereocenters. The number of likely N-dealkylation sites (N-methyl/N-ethyl adjacent to an activating group) is 1. The van der Waals surface area contributed by atoms with Crippen molar-refractivity contribution in [3.63, 3.8) is 0 Å². The molecule has 0 radical (unpaired) electrons. The lowest BCUT2D eigenvalue weighted by Gasteiger charge is -2.24. The minimum atomic E-state index is 0.0939. The van der Waals surface area contributed by atoms with E-state index in [9.17, 15) is 4.79 Å². The highest BCUT2D eigenvalue weighted by molar-refractivity contribution is 5.95. The molecule has 2 rings (SSSR count). The summed E-state index contributed by atoms with van der Waals surface area (Å²) >= 11 is 0. The Bertz CT molecular complexity index is 442. The summed E-state index contributed by atoms with van der Waals surface area (Å²) in [6.45, 7) is 4.33. The predicted molar refractivity (Wildman–Crippen MR) is 80.3 cm³/mol. The van der Waals surface area contributed by atoms with E-state index in [4.69, 9.17) is 4.74 Å². The Hall–Kier alpha value is -1.59. The third-order valence-electron chi connectivity index (χ3n) is 3.61. The van der Waals surface area contributed by atoms with Gasteiger partial charge in [-0.3, -0.25) is 9.69 Å². The number of nitrogens with one attached hydrogen (secondary N) is 1. The van der Waals surface area contributed by atoms with E-state index in [2.05, 4.69) is 10.2 Å². The number of ether oxygens (including phenoxy) is 1. The van der Waals surface area contributed by atoms with Crippen LogP contribution in [0.3, 0.4) is 0 Å². The van der Waals surface area contributed by atoms with Crippen molar-refractivity contribution in [1.82, 2.24) is 10.2 Å². The number of hydrogen-bond donors (Lipinski definition) is 1. The van der Waals surface area contributed by atoms with E-state index in [0.717, 1.165) is 44.0 Å². The number of para-hydroxylation sites is 2. The van der Waals surface area contributed by atoms with Gasteiger partial charge in [-0.1, -0.05) is 12.1 Å². The molecule has 0 aromatic heterocycles. The van der Waals surface area contributed by atoms with Crippen LogP contribution in [0.15, 0.2) is 24.3 Å². The van der Waals surface area contributed by atoms with E-state index in [0.29, 0.717) is 6.54 Å². The SMILES string of the molecule is COc1ccccc1N(C)C(=O)CN1CCCNCC1. The van der Waals surface area contributed by atoms with Crippen LogP contribution in [0, 0.1) is 0 Å². The number of methoxy groups -OCH3 is 1. The third-order valence-corrected chi connectivity index (χ3v) is 3.61. The monoisotopic (exact) mass is 277 g/mol. The van der Waals surface area contributed by atoms with E-state index in [-0.39, 0.29) is 5.91 Å². The van der Waals surface area contributed by atoms with E-state index in [1.54, 1.807) is 19.1 Å². The molecule has 1 aromatic carbocycles. The summed E-state index contributed by atoms with van der Waals surface area (Å²) in [4.78, 5) is 16.3. The van der Waals surface area contributed by atoms with Crippen molar-refractivity contribution in [2.75, 3.05) is 51.8 Å². The Balaban J connectivity index is 2.00. The largest absolute Gasteiger partial charge is 0.495 e. The van der Waals surface area contributed by atoms with Gasteiger partial charge in [0.25, 0.3) is 0 Å². The van der Waals surface area contributed by atoms with Crippen molar-refractivity contribution in [3.05, 3.63) is 24.3 Å². The molecule has 1 amide bonds. The Morgan fingerprint density at radius 1 is 1.35 bits per heavy atom. The standard InChI is InChI=1S/C15H23N3O2/c1-17(13-6-3-4-7-14(13)20-2)15(19)12-18-10-5-8-16-9-11-18/h3-4,6-7,16H,5,8-12H2,1-2H3. The smallest absolute Gasteiger partial charge is 0.241 e. The highest BCUT2D eigenvalue weighted by atomic mass is 16.5. The molecule has 0 bridgehead atoms. The normalized spacial score (nSPS) is 16.5. The summed E-state index contributed by atoms with van der Waals surface area (Å²) < 4.78 is 5.31. The van der Waals surface area contributed by atoms with E-state index < -0.39 is 0 Å². The molecule has 1 aliphatic rings. The molecule has 0 aliphatic carbocycles. The number of amides is 1. The highest BCUT2D eigenvalue weighted by Gasteiger charge is 2.18. The van der Waals surface area contributed by atoms with Crippen LogP contribution in [-0.2, 0) is 4.79 Å². The summed E-state index contributed by atoms with van der Waals surface area (Å²) in [6, 6.07) is 7.59. The van der Waals surface area contributed by atoms with Gasteiger partial charge in [0.15, 0.2) is 0 Å². The summed E-state index contributed by atoms with van der Waals surface area (Å²) in [5, 5.41) is 3.34. The Labute approximate surface area is 120 Å². The van der Waals surface area contributed by atoms with E-state index in [1.165, 1.54) is 0 Å². The topological polar surface area (TPSA) is 44.8 Å². The first-order valence-corrected chi connectivity index (χ1v) is 7.05. The summed E-state index contributed by atoms with van der Waals surface area (Å²) in [7, 11) is 3.42. The highest BCUT2D eigenvalue weighted by Crippen LogP contribution is 2.26. The fraction of sp³-hybridized carbons (Fsp3) is 0.533. The van der Waals surface area contributed by atoms with Gasteiger partial charge < -0.3 is 15.0 Å². The first-order chi connectivity index (χ1) is 9.72. The van der Waals surface area contributed by atoms with Crippen molar-refractivity contribution in [1.29, 1.82) is 0 Å². The average molecular weight is 277 g/mol. The summed E-state index contributed by atoms with van der Waals surface area (Å²) in [5.74, 6) is 0.817. The molecule has 0 saturated carbocycles. The zero-order chi connectivity index (χ0) is 14.4. The fourth-order valence-electron chi connectivity index (χ4n) is 2.40. The van der Waals surface area contributed by atoms with Crippen molar-refractivity contribution in [2.24, 2.45) is 0 Å². The Kier molecular flexibility index (Phi) is 5.38. The number of hydrogen-bond acceptors (Lipinski definition) is 4. The summed E-state index contributed by atoms with van der Waals surface area (Å²) in [5.41, 5.74) is 0.813. The lowest BCUT2D eigenvalue weighted by atomic mass is 10.2. The fourth-order valence-corrected chi connectivity index (χ4v) is 2.40. The lowest BCUT2D eigenvalue weighted by Crippen LogP contribution is -2.40. The van der Waals surface area contributed by atoms with Gasteiger partial charge in [-0.15, -0.1) is 0 Å². The second-order valence-electron chi connectivity index (χ2n) is 5.00. The zero-order valence-corrected chi connectivity index (χ0v) is 12.3. The maximum atomic E-state index is 12.4. The number of rotatable bonds is 4. The molecule has 1 fully saturated rings. The van der Waals surface area contributed by atoms with Gasteiger partial charge in [-0.2, -0.15) is 0 Å². The molecule has 0 spiro atoms. The van der Waals surface area contributed by atoms with Gasteiger partial charge in [0.05, 0.1) is 19.3 Å². The van der Waals surface area contributed by atoms with Crippen LogP contribution in [0.1, 0.15) is 6.42 Å². The second kappa shape index (κ2) is 7.26. The molecule has 5 heteroatoms. The van der Waals surface area contributed by atoms with Crippen molar-refractivity contribution in [2.45, 2.75) is 6.42 Å². The first kappa shape index (κ1) is 14.8. The van der Waals surface area contributed by atoms with Crippen LogP contribution in [0.2, 0.25) is 0 Å². The third kappa shape index (κ3) is 3.71. The molecule has 1 N–H and O–H groups in total. The first-order valence-electron chi connectivity index (χ1n) is 7.05. The van der Waals surface area contributed by atoms with Gasteiger partial charge in [0.1, 0.15) is 5.75 Å². The zero-order valence-electron chi connectivity index (χ0n) is 12.3. The lowest BCUT2D eigenvalue weighted by molar-refractivity contribution is -0.119. The molecule has 5 nitrogen and oxygen atoms in total. The quantitative estimate of drug-likeness (QED) is 0.890. The molecule has 1 saturated heterocycles. The number of nitrogens with zero attached hydrogens (tertiary/aromatic N) is 2. The van der Waals surface area contributed by atoms with Crippen LogP contribution in [0.5, 0.6) is 5.75 Å². The molecule has 1 aromatic rings.